The average Bonchev–Trinajstić information content (AvgIpc) is 2.33. The number of nitrogens with zero attached hydrogens (tertiary/aromatic N) is 1. The van der Waals surface area contributed by atoms with E-state index >= 15 is 0 Å². The summed E-state index contributed by atoms with van der Waals surface area (Å²) < 4.78 is 0.747. The van der Waals surface area contributed by atoms with Gasteiger partial charge in [-0.1, -0.05) is 17.7 Å². The summed E-state index contributed by atoms with van der Waals surface area (Å²) in [6.07, 6.45) is 1.69. The van der Waals surface area contributed by atoms with Crippen molar-refractivity contribution < 1.29 is 4.79 Å². The number of amides is 1. The molecule has 0 saturated carbocycles. The van der Waals surface area contributed by atoms with Gasteiger partial charge in [-0.25, -0.2) is 0 Å². The minimum Gasteiger partial charge on any atom is -0.338 e. The van der Waals surface area contributed by atoms with E-state index in [0.717, 1.165) is 17.3 Å². The molecule has 5 heteroatoms. The number of halogens is 3. The maximum atomic E-state index is 12.3. The van der Waals surface area contributed by atoms with Gasteiger partial charge in [0.15, 0.2) is 0 Å². The molecule has 1 heterocycles. The number of hydrogen-bond acceptors (Lipinski definition) is 1. The van der Waals surface area contributed by atoms with Crippen molar-refractivity contribution >= 4 is 45.0 Å². The molecule has 1 aliphatic heterocycles. The van der Waals surface area contributed by atoms with Crippen molar-refractivity contribution in [2.45, 2.75) is 18.2 Å². The lowest BCUT2D eigenvalue weighted by Gasteiger charge is -2.29. The van der Waals surface area contributed by atoms with E-state index in [1.165, 1.54) is 0 Å². The van der Waals surface area contributed by atoms with Gasteiger partial charge in [-0.3, -0.25) is 4.79 Å². The number of carbonyl (C=O) groups excluding carboxylic acids is 1. The topological polar surface area (TPSA) is 20.3 Å². The number of likely N-dealkylation sites (tertiary alicyclic amines) is 1. The predicted molar refractivity (Wildman–Crippen MR) is 73.9 cm³/mol. The monoisotopic (exact) mass is 335 g/mol. The van der Waals surface area contributed by atoms with Crippen LogP contribution in [0.1, 0.15) is 23.2 Å². The van der Waals surface area contributed by atoms with E-state index in [0.29, 0.717) is 23.7 Å². The predicted octanol–water partition coefficient (Wildman–Crippen LogP) is 3.95. The molecular formula is C12H12BrCl2NO. The summed E-state index contributed by atoms with van der Waals surface area (Å²) in [7, 11) is 0. The van der Waals surface area contributed by atoms with Crippen molar-refractivity contribution in [3.05, 3.63) is 33.3 Å². The third-order valence-corrected chi connectivity index (χ3v) is 4.63. The van der Waals surface area contributed by atoms with E-state index < -0.39 is 0 Å². The molecule has 17 heavy (non-hydrogen) atoms. The Labute approximate surface area is 119 Å². The molecule has 1 saturated heterocycles. The van der Waals surface area contributed by atoms with Crippen molar-refractivity contribution in [2.24, 2.45) is 0 Å². The second-order valence-corrected chi connectivity index (χ2v) is 5.92. The maximum Gasteiger partial charge on any atom is 0.255 e. The SMILES string of the molecule is O=C(c1cccc(Br)c1Cl)N1CCC(Cl)CC1. The number of alkyl halides is 1. The molecule has 1 fully saturated rings. The molecule has 1 aliphatic rings. The third-order valence-electron chi connectivity index (χ3n) is 2.89. The van der Waals surface area contributed by atoms with Gasteiger partial charge in [0.2, 0.25) is 0 Å². The molecule has 0 radical (unpaired) electrons. The molecule has 2 rings (SSSR count). The lowest BCUT2D eigenvalue weighted by molar-refractivity contribution is 0.0726. The fourth-order valence-corrected chi connectivity index (χ4v) is 2.66. The zero-order valence-electron chi connectivity index (χ0n) is 9.13. The van der Waals surface area contributed by atoms with E-state index in [4.69, 9.17) is 23.2 Å². The molecular weight excluding hydrogens is 325 g/mol. The van der Waals surface area contributed by atoms with Crippen LogP contribution in [0.2, 0.25) is 5.02 Å². The number of rotatable bonds is 1. The largest absolute Gasteiger partial charge is 0.338 e. The molecule has 0 spiro atoms. The van der Waals surface area contributed by atoms with Gasteiger partial charge in [-0.15, -0.1) is 11.6 Å². The Hall–Kier alpha value is -0.250. The Balaban J connectivity index is 2.17. The number of carbonyl (C=O) groups is 1. The molecule has 0 unspecified atom stereocenters. The van der Waals surface area contributed by atoms with Gasteiger partial charge in [-0.05, 0) is 40.9 Å². The lowest BCUT2D eigenvalue weighted by Crippen LogP contribution is -2.38. The Morgan fingerprint density at radius 1 is 1.35 bits per heavy atom. The molecule has 92 valence electrons. The molecule has 1 aromatic carbocycles. The molecule has 0 aliphatic carbocycles. The second-order valence-electron chi connectivity index (χ2n) is 4.07. The van der Waals surface area contributed by atoms with Gasteiger partial charge in [0, 0.05) is 22.9 Å². The third kappa shape index (κ3) is 2.95. The van der Waals surface area contributed by atoms with Gasteiger partial charge in [0.1, 0.15) is 0 Å². The van der Waals surface area contributed by atoms with Crippen LogP contribution < -0.4 is 0 Å². The van der Waals surface area contributed by atoms with Crippen molar-refractivity contribution in [3.63, 3.8) is 0 Å². The molecule has 1 amide bonds. The van der Waals surface area contributed by atoms with E-state index in [9.17, 15) is 4.79 Å². The van der Waals surface area contributed by atoms with Crippen LogP contribution in [-0.4, -0.2) is 29.3 Å². The summed E-state index contributed by atoms with van der Waals surface area (Å²) in [5.74, 6) is -0.0140. The molecule has 0 N–H and O–H groups in total. The van der Waals surface area contributed by atoms with Crippen molar-refractivity contribution in [2.75, 3.05) is 13.1 Å². The average molecular weight is 337 g/mol. The summed E-state index contributed by atoms with van der Waals surface area (Å²) >= 11 is 15.5. The van der Waals surface area contributed by atoms with E-state index in [2.05, 4.69) is 15.9 Å². The summed E-state index contributed by atoms with van der Waals surface area (Å²) in [6, 6.07) is 5.39. The zero-order valence-corrected chi connectivity index (χ0v) is 12.2. The highest BCUT2D eigenvalue weighted by Crippen LogP contribution is 2.28. The van der Waals surface area contributed by atoms with Crippen LogP contribution in [0.4, 0.5) is 0 Å². The Morgan fingerprint density at radius 3 is 2.65 bits per heavy atom. The quantitative estimate of drug-likeness (QED) is 0.711. The highest BCUT2D eigenvalue weighted by atomic mass is 79.9. The summed E-state index contributed by atoms with van der Waals surface area (Å²) in [5.41, 5.74) is 0.550. The fraction of sp³-hybridized carbons (Fsp3) is 0.417. The molecule has 2 nitrogen and oxygen atoms in total. The van der Waals surface area contributed by atoms with Crippen LogP contribution >= 0.6 is 39.1 Å². The second kappa shape index (κ2) is 5.59. The van der Waals surface area contributed by atoms with E-state index in [1.807, 2.05) is 17.0 Å². The van der Waals surface area contributed by atoms with Gasteiger partial charge in [0.25, 0.3) is 5.91 Å². The molecule has 0 aromatic heterocycles. The van der Waals surface area contributed by atoms with E-state index in [-0.39, 0.29) is 11.3 Å². The highest BCUT2D eigenvalue weighted by molar-refractivity contribution is 9.10. The fourth-order valence-electron chi connectivity index (χ4n) is 1.89. The first kappa shape index (κ1) is 13.2. The first-order valence-corrected chi connectivity index (χ1v) is 7.07. The van der Waals surface area contributed by atoms with Gasteiger partial charge in [0.05, 0.1) is 10.6 Å². The molecule has 1 aromatic rings. The maximum absolute atomic E-state index is 12.3. The van der Waals surface area contributed by atoms with Crippen LogP contribution in [-0.2, 0) is 0 Å². The minimum absolute atomic E-state index is 0.0140. The zero-order chi connectivity index (χ0) is 12.4. The van der Waals surface area contributed by atoms with Gasteiger partial charge in [-0.2, -0.15) is 0 Å². The number of piperidine rings is 1. The lowest BCUT2D eigenvalue weighted by atomic mass is 10.1. The normalized spacial score (nSPS) is 17.2. The molecule has 0 bridgehead atoms. The van der Waals surface area contributed by atoms with Crippen LogP contribution in [0.25, 0.3) is 0 Å². The first-order valence-electron chi connectivity index (χ1n) is 5.47. The summed E-state index contributed by atoms with van der Waals surface area (Å²) in [6.45, 7) is 1.41. The van der Waals surface area contributed by atoms with Crippen LogP contribution in [0.5, 0.6) is 0 Å². The van der Waals surface area contributed by atoms with Crippen molar-refractivity contribution in [1.82, 2.24) is 4.90 Å². The number of benzene rings is 1. The molecule has 0 atom stereocenters. The highest BCUT2D eigenvalue weighted by Gasteiger charge is 2.24. The van der Waals surface area contributed by atoms with Crippen molar-refractivity contribution in [1.29, 1.82) is 0 Å². The Bertz CT molecular complexity index is 431. The summed E-state index contributed by atoms with van der Waals surface area (Å²) in [5, 5.41) is 0.669. The summed E-state index contributed by atoms with van der Waals surface area (Å²) in [4.78, 5) is 14.1. The number of hydrogen-bond donors (Lipinski definition) is 0. The van der Waals surface area contributed by atoms with Gasteiger partial charge >= 0.3 is 0 Å². The van der Waals surface area contributed by atoms with E-state index in [1.54, 1.807) is 6.07 Å². The first-order chi connectivity index (χ1) is 8.09. The minimum atomic E-state index is -0.0140. The smallest absolute Gasteiger partial charge is 0.255 e. The van der Waals surface area contributed by atoms with Crippen LogP contribution in [0.3, 0.4) is 0 Å². The standard InChI is InChI=1S/C12H12BrCl2NO/c13-10-3-1-2-9(11(10)15)12(17)16-6-4-8(14)5-7-16/h1-3,8H,4-7H2. The Kier molecular flexibility index (Phi) is 4.34. The van der Waals surface area contributed by atoms with Crippen LogP contribution in [0.15, 0.2) is 22.7 Å². The Morgan fingerprint density at radius 2 is 2.00 bits per heavy atom. The van der Waals surface area contributed by atoms with Crippen LogP contribution in [0, 0.1) is 0 Å². The van der Waals surface area contributed by atoms with Gasteiger partial charge < -0.3 is 4.90 Å². The van der Waals surface area contributed by atoms with Crippen molar-refractivity contribution in [3.8, 4) is 0 Å².